The van der Waals surface area contributed by atoms with Crippen molar-refractivity contribution >= 4 is 34.7 Å². The van der Waals surface area contributed by atoms with Crippen LogP contribution in [0, 0.1) is 0 Å². The first-order chi connectivity index (χ1) is 11.1. The minimum atomic E-state index is 0.120. The van der Waals surface area contributed by atoms with Crippen LogP contribution in [-0.4, -0.2) is 35.4 Å². The Bertz CT molecular complexity index is 887. The number of fused-ring (bicyclic) bond motifs is 1. The summed E-state index contributed by atoms with van der Waals surface area (Å²) in [6.45, 7) is 0. The highest BCUT2D eigenvalue weighted by molar-refractivity contribution is 6.03. The van der Waals surface area contributed by atoms with Crippen LogP contribution in [0.15, 0.2) is 29.4 Å². The molecule has 0 unspecified atom stereocenters. The van der Waals surface area contributed by atoms with Crippen LogP contribution in [0.3, 0.4) is 0 Å². The van der Waals surface area contributed by atoms with Crippen LogP contribution in [0.1, 0.15) is 5.56 Å². The Kier molecular flexibility index (Phi) is 3.71. The molecule has 0 spiro atoms. The van der Waals surface area contributed by atoms with Crippen LogP contribution < -0.4 is 20.9 Å². The highest BCUT2D eigenvalue weighted by atomic mass is 16.5. The standard InChI is InChI=1S/C15H16N6O2/c1-22-9-3-4-11(23-2)10(5-9)18-6-8-7-19-14-12(8)13(16)20-15(17)21-14/h3-7H,1-2H3,(H5,16,17,19,20,21). The number of aromatic nitrogens is 3. The molecule has 3 aromatic rings. The molecule has 0 aliphatic heterocycles. The van der Waals surface area contributed by atoms with Crippen LogP contribution in [0.2, 0.25) is 0 Å². The number of ether oxygens (including phenoxy) is 2. The third-order valence-electron chi connectivity index (χ3n) is 3.34. The van der Waals surface area contributed by atoms with Gasteiger partial charge in [-0.1, -0.05) is 0 Å². The maximum Gasteiger partial charge on any atom is 0.223 e. The van der Waals surface area contributed by atoms with E-state index in [4.69, 9.17) is 20.9 Å². The monoisotopic (exact) mass is 312 g/mol. The predicted octanol–water partition coefficient (Wildman–Crippen LogP) is 1.89. The molecule has 0 bridgehead atoms. The summed E-state index contributed by atoms with van der Waals surface area (Å²) in [6.07, 6.45) is 3.40. The molecule has 8 nitrogen and oxygen atoms in total. The fourth-order valence-electron chi connectivity index (χ4n) is 2.24. The summed E-state index contributed by atoms with van der Waals surface area (Å²) in [5.41, 5.74) is 13.4. The van der Waals surface area contributed by atoms with Crippen molar-refractivity contribution in [2.75, 3.05) is 25.7 Å². The Morgan fingerprint density at radius 2 is 2.00 bits per heavy atom. The largest absolute Gasteiger partial charge is 0.497 e. The van der Waals surface area contributed by atoms with Gasteiger partial charge in [-0.15, -0.1) is 0 Å². The SMILES string of the molecule is COc1ccc(OC)c(N=Cc2c[nH]c3nc(N)nc(N)c23)c1. The van der Waals surface area contributed by atoms with Crippen molar-refractivity contribution in [1.82, 2.24) is 15.0 Å². The zero-order valence-corrected chi connectivity index (χ0v) is 12.7. The Hall–Kier alpha value is -3.29. The van der Waals surface area contributed by atoms with Crippen LogP contribution in [0.4, 0.5) is 17.5 Å². The quantitative estimate of drug-likeness (QED) is 0.632. The second-order valence-electron chi connectivity index (χ2n) is 4.73. The minimum Gasteiger partial charge on any atom is -0.497 e. The summed E-state index contributed by atoms with van der Waals surface area (Å²) in [6, 6.07) is 5.37. The molecule has 0 saturated carbocycles. The van der Waals surface area contributed by atoms with Crippen LogP contribution in [0.25, 0.3) is 11.0 Å². The Morgan fingerprint density at radius 1 is 1.17 bits per heavy atom. The van der Waals surface area contributed by atoms with Crippen molar-refractivity contribution in [3.8, 4) is 11.5 Å². The highest BCUT2D eigenvalue weighted by Crippen LogP contribution is 2.31. The molecule has 2 aromatic heterocycles. The first-order valence-corrected chi connectivity index (χ1v) is 6.78. The Balaban J connectivity index is 2.04. The average molecular weight is 312 g/mol. The van der Waals surface area contributed by atoms with E-state index in [1.54, 1.807) is 44.8 Å². The lowest BCUT2D eigenvalue weighted by molar-refractivity contribution is 0.404. The summed E-state index contributed by atoms with van der Waals surface area (Å²) in [4.78, 5) is 15.5. The van der Waals surface area contributed by atoms with Gasteiger partial charge in [-0.2, -0.15) is 9.97 Å². The van der Waals surface area contributed by atoms with Crippen LogP contribution >= 0.6 is 0 Å². The number of hydrogen-bond acceptors (Lipinski definition) is 7. The maximum absolute atomic E-state index is 5.92. The Morgan fingerprint density at radius 3 is 2.74 bits per heavy atom. The summed E-state index contributed by atoms with van der Waals surface area (Å²) in [7, 11) is 3.18. The molecule has 1 aromatic carbocycles. The molecule has 0 fully saturated rings. The number of methoxy groups -OCH3 is 2. The van der Waals surface area contributed by atoms with Crippen LogP contribution in [0.5, 0.6) is 11.5 Å². The molecule has 0 saturated heterocycles. The number of benzene rings is 1. The normalized spacial score (nSPS) is 11.2. The predicted molar refractivity (Wildman–Crippen MR) is 89.5 cm³/mol. The van der Waals surface area contributed by atoms with Gasteiger partial charge in [0, 0.05) is 24.0 Å². The number of aromatic amines is 1. The summed E-state index contributed by atoms with van der Waals surface area (Å²) < 4.78 is 10.5. The van der Waals surface area contributed by atoms with Crippen molar-refractivity contribution in [3.05, 3.63) is 30.0 Å². The lowest BCUT2D eigenvalue weighted by Gasteiger charge is -2.06. The summed E-state index contributed by atoms with van der Waals surface area (Å²) in [5, 5.41) is 0.671. The molecule has 3 rings (SSSR count). The van der Waals surface area contributed by atoms with Gasteiger partial charge >= 0.3 is 0 Å². The minimum absolute atomic E-state index is 0.120. The number of nitrogens with one attached hydrogen (secondary N) is 1. The van der Waals surface area contributed by atoms with Crippen LogP contribution in [-0.2, 0) is 0 Å². The van der Waals surface area contributed by atoms with Crippen molar-refractivity contribution in [2.45, 2.75) is 0 Å². The van der Waals surface area contributed by atoms with E-state index in [1.807, 2.05) is 0 Å². The lowest BCUT2D eigenvalue weighted by atomic mass is 10.2. The van der Waals surface area contributed by atoms with Crippen molar-refractivity contribution in [1.29, 1.82) is 0 Å². The molecule has 118 valence electrons. The third-order valence-corrected chi connectivity index (χ3v) is 3.34. The molecular formula is C15H16N6O2. The number of nitrogen functional groups attached to an aromatic ring is 2. The molecule has 8 heteroatoms. The topological polar surface area (TPSA) is 124 Å². The molecule has 2 heterocycles. The number of hydrogen-bond donors (Lipinski definition) is 3. The molecule has 23 heavy (non-hydrogen) atoms. The van der Waals surface area contributed by atoms with Gasteiger partial charge in [-0.05, 0) is 12.1 Å². The highest BCUT2D eigenvalue weighted by Gasteiger charge is 2.10. The number of aliphatic imine (C=N–C) groups is 1. The first-order valence-electron chi connectivity index (χ1n) is 6.78. The molecule has 0 aliphatic rings. The smallest absolute Gasteiger partial charge is 0.223 e. The summed E-state index contributed by atoms with van der Waals surface area (Å²) >= 11 is 0. The van der Waals surface area contributed by atoms with Crippen molar-refractivity contribution in [3.63, 3.8) is 0 Å². The number of H-pyrrole nitrogens is 1. The van der Waals surface area contributed by atoms with Crippen molar-refractivity contribution in [2.24, 2.45) is 4.99 Å². The van der Waals surface area contributed by atoms with Gasteiger partial charge in [-0.3, -0.25) is 4.99 Å². The van der Waals surface area contributed by atoms with Gasteiger partial charge in [0.25, 0.3) is 0 Å². The molecule has 0 atom stereocenters. The number of nitrogens with zero attached hydrogens (tertiary/aromatic N) is 3. The number of nitrogens with two attached hydrogens (primary N) is 2. The third kappa shape index (κ3) is 2.73. The van der Waals surface area contributed by atoms with Gasteiger partial charge in [-0.25, -0.2) is 0 Å². The van der Waals surface area contributed by atoms with Crippen molar-refractivity contribution < 1.29 is 9.47 Å². The van der Waals surface area contributed by atoms with E-state index in [2.05, 4.69) is 19.9 Å². The van der Waals surface area contributed by atoms with E-state index >= 15 is 0 Å². The summed E-state index contributed by atoms with van der Waals surface area (Å²) in [5.74, 6) is 1.74. The fraction of sp³-hybridized carbons (Fsp3) is 0.133. The molecule has 0 radical (unpaired) electrons. The van der Waals surface area contributed by atoms with E-state index in [-0.39, 0.29) is 5.95 Å². The van der Waals surface area contributed by atoms with Gasteiger partial charge < -0.3 is 25.9 Å². The van der Waals surface area contributed by atoms with Gasteiger partial charge in [0.2, 0.25) is 5.95 Å². The lowest BCUT2D eigenvalue weighted by Crippen LogP contribution is -2.00. The van der Waals surface area contributed by atoms with Gasteiger partial charge in [0.1, 0.15) is 28.7 Å². The van der Waals surface area contributed by atoms with E-state index in [0.29, 0.717) is 34.0 Å². The second-order valence-corrected chi connectivity index (χ2v) is 4.73. The maximum atomic E-state index is 5.92. The first kappa shape index (κ1) is 14.6. The van der Waals surface area contributed by atoms with E-state index in [1.165, 1.54) is 0 Å². The van der Waals surface area contributed by atoms with E-state index in [9.17, 15) is 0 Å². The zero-order chi connectivity index (χ0) is 16.4. The molecule has 0 aliphatic carbocycles. The Labute approximate surface area is 132 Å². The average Bonchev–Trinajstić information content (AvgIpc) is 2.95. The van der Waals surface area contributed by atoms with E-state index < -0.39 is 0 Å². The van der Waals surface area contributed by atoms with Gasteiger partial charge in [0.15, 0.2) is 0 Å². The number of rotatable bonds is 4. The van der Waals surface area contributed by atoms with E-state index in [0.717, 1.165) is 5.56 Å². The molecular weight excluding hydrogens is 296 g/mol. The molecule has 0 amide bonds. The van der Waals surface area contributed by atoms with Gasteiger partial charge in [0.05, 0.1) is 19.6 Å². The second kappa shape index (κ2) is 5.84. The molecule has 5 N–H and O–H groups in total. The fourth-order valence-corrected chi connectivity index (χ4v) is 2.24. The number of anilines is 2. The zero-order valence-electron chi connectivity index (χ0n) is 12.7.